The molecule has 0 bridgehead atoms. The number of aromatic nitrogens is 4. The Morgan fingerprint density at radius 2 is 1.84 bits per heavy atom. The number of urea groups is 1. The van der Waals surface area contributed by atoms with Crippen LogP contribution in [0.4, 0.5) is 16.2 Å². The van der Waals surface area contributed by atoms with Gasteiger partial charge in [-0.2, -0.15) is 0 Å². The Hall–Kier alpha value is -4.08. The monoisotopic (exact) mass is 419 g/mol. The maximum atomic E-state index is 12.8. The van der Waals surface area contributed by atoms with Gasteiger partial charge in [0.1, 0.15) is 12.4 Å². The summed E-state index contributed by atoms with van der Waals surface area (Å²) in [6.45, 7) is 1.95. The molecular weight excluding hydrogens is 398 g/mol. The molecule has 4 rings (SSSR count). The van der Waals surface area contributed by atoms with Gasteiger partial charge in [-0.3, -0.25) is 9.59 Å². The molecule has 0 saturated carbocycles. The number of rotatable bonds is 5. The average Bonchev–Trinajstić information content (AvgIpc) is 3.47. The van der Waals surface area contributed by atoms with Crippen molar-refractivity contribution in [2.75, 3.05) is 17.2 Å². The predicted octanol–water partition coefficient (Wildman–Crippen LogP) is 2.50. The summed E-state index contributed by atoms with van der Waals surface area (Å²) in [5, 5.41) is 16.6. The Bertz CT molecular complexity index is 1100. The number of tetrazole rings is 1. The van der Waals surface area contributed by atoms with Crippen molar-refractivity contribution in [3.63, 3.8) is 0 Å². The van der Waals surface area contributed by atoms with Crippen LogP contribution in [0.2, 0.25) is 0 Å². The van der Waals surface area contributed by atoms with Gasteiger partial charge in [-0.15, -0.1) is 5.10 Å². The van der Waals surface area contributed by atoms with Crippen LogP contribution >= 0.6 is 0 Å². The minimum atomic E-state index is -0.574. The quantitative estimate of drug-likeness (QED) is 0.613. The van der Waals surface area contributed by atoms with Crippen molar-refractivity contribution in [3.8, 4) is 5.69 Å². The van der Waals surface area contributed by atoms with Crippen molar-refractivity contribution < 1.29 is 14.4 Å². The molecule has 0 aliphatic carbocycles. The minimum Gasteiger partial charge on any atom is -0.324 e. The molecule has 2 N–H and O–H groups in total. The fraction of sp³-hybridized carbons (Fsp3) is 0.238. The summed E-state index contributed by atoms with van der Waals surface area (Å²) in [6, 6.07) is 12.9. The van der Waals surface area contributed by atoms with E-state index in [0.717, 1.165) is 12.1 Å². The van der Waals surface area contributed by atoms with Crippen molar-refractivity contribution >= 4 is 29.1 Å². The van der Waals surface area contributed by atoms with Crippen LogP contribution in [0, 0.1) is 0 Å². The number of carbonyl (C=O) groups is 3. The molecule has 1 saturated heterocycles. The SMILES string of the molecule is CC(=O)c1cccc(NC(=O)N2CCC[C@H]2C(=O)Nc2ccc(-n3cnnn3)cc2)c1. The zero-order chi connectivity index (χ0) is 21.8. The van der Waals surface area contributed by atoms with Crippen molar-refractivity contribution in [1.82, 2.24) is 25.1 Å². The molecule has 158 valence electrons. The van der Waals surface area contributed by atoms with Crippen molar-refractivity contribution in [2.24, 2.45) is 0 Å². The van der Waals surface area contributed by atoms with Crippen LogP contribution in [0.15, 0.2) is 54.9 Å². The van der Waals surface area contributed by atoms with E-state index in [-0.39, 0.29) is 17.7 Å². The highest BCUT2D eigenvalue weighted by molar-refractivity contribution is 6.00. The number of likely N-dealkylation sites (tertiary alicyclic amines) is 1. The summed E-state index contributed by atoms with van der Waals surface area (Å²) >= 11 is 0. The van der Waals surface area contributed by atoms with E-state index in [9.17, 15) is 14.4 Å². The Morgan fingerprint density at radius 1 is 1.03 bits per heavy atom. The van der Waals surface area contributed by atoms with Gasteiger partial charge in [0.2, 0.25) is 5.91 Å². The second-order valence-electron chi connectivity index (χ2n) is 7.21. The molecule has 3 amide bonds. The fourth-order valence-corrected chi connectivity index (χ4v) is 3.50. The highest BCUT2D eigenvalue weighted by Crippen LogP contribution is 2.22. The lowest BCUT2D eigenvalue weighted by molar-refractivity contribution is -0.119. The second kappa shape index (κ2) is 8.74. The fourth-order valence-electron chi connectivity index (χ4n) is 3.50. The van der Waals surface area contributed by atoms with E-state index in [1.54, 1.807) is 48.5 Å². The van der Waals surface area contributed by atoms with Crippen LogP contribution in [-0.4, -0.2) is 55.4 Å². The molecule has 1 aliphatic heterocycles. The summed E-state index contributed by atoms with van der Waals surface area (Å²) < 4.78 is 1.51. The molecule has 1 atom stereocenters. The molecule has 0 spiro atoms. The highest BCUT2D eigenvalue weighted by atomic mass is 16.2. The van der Waals surface area contributed by atoms with Gasteiger partial charge in [-0.25, -0.2) is 9.48 Å². The van der Waals surface area contributed by atoms with Crippen LogP contribution in [0.3, 0.4) is 0 Å². The first-order valence-electron chi connectivity index (χ1n) is 9.84. The first-order chi connectivity index (χ1) is 15.0. The molecule has 31 heavy (non-hydrogen) atoms. The molecule has 0 unspecified atom stereocenters. The number of carbonyl (C=O) groups excluding carboxylic acids is 3. The Kier molecular flexibility index (Phi) is 5.69. The van der Waals surface area contributed by atoms with E-state index in [2.05, 4.69) is 26.2 Å². The standard InChI is InChI=1S/C21H21N7O3/c1-14(29)15-4-2-5-17(12-15)24-21(31)27-11-3-6-19(27)20(30)23-16-7-9-18(10-8-16)28-13-22-25-26-28/h2,4-5,7-10,12-13,19H,3,6,11H2,1H3,(H,23,30)(H,24,31)/t19-/m0/s1. The molecule has 0 radical (unpaired) electrons. The van der Waals surface area contributed by atoms with Gasteiger partial charge in [0.05, 0.1) is 5.69 Å². The molecule has 10 nitrogen and oxygen atoms in total. The zero-order valence-electron chi connectivity index (χ0n) is 16.9. The number of ketones is 1. The normalized spacial score (nSPS) is 15.5. The number of amides is 3. The topological polar surface area (TPSA) is 122 Å². The number of Topliss-reactive ketones (excluding diaryl/α,β-unsaturated/α-hetero) is 1. The van der Waals surface area contributed by atoms with Crippen molar-refractivity contribution in [2.45, 2.75) is 25.8 Å². The molecule has 1 aliphatic rings. The lowest BCUT2D eigenvalue weighted by Crippen LogP contribution is -2.45. The highest BCUT2D eigenvalue weighted by Gasteiger charge is 2.34. The van der Waals surface area contributed by atoms with Gasteiger partial charge in [-0.05, 0) is 66.6 Å². The van der Waals surface area contributed by atoms with Crippen LogP contribution in [0.1, 0.15) is 30.1 Å². The number of hydrogen-bond donors (Lipinski definition) is 2. The van der Waals surface area contributed by atoms with Gasteiger partial charge in [0.25, 0.3) is 0 Å². The summed E-state index contributed by atoms with van der Waals surface area (Å²) in [6.07, 6.45) is 2.79. The molecule has 3 aromatic rings. The summed E-state index contributed by atoms with van der Waals surface area (Å²) in [5.74, 6) is -0.332. The maximum absolute atomic E-state index is 12.8. The summed E-state index contributed by atoms with van der Waals surface area (Å²) in [7, 11) is 0. The van der Waals surface area contributed by atoms with Crippen molar-refractivity contribution in [3.05, 3.63) is 60.4 Å². The number of nitrogens with zero attached hydrogens (tertiary/aromatic N) is 5. The van der Waals surface area contributed by atoms with Gasteiger partial charge in [-0.1, -0.05) is 12.1 Å². The number of hydrogen-bond acceptors (Lipinski definition) is 6. The smallest absolute Gasteiger partial charge is 0.322 e. The van der Waals surface area contributed by atoms with Crippen LogP contribution in [0.5, 0.6) is 0 Å². The van der Waals surface area contributed by atoms with E-state index in [1.807, 2.05) is 0 Å². The van der Waals surface area contributed by atoms with Gasteiger partial charge in [0, 0.05) is 23.5 Å². The summed E-state index contributed by atoms with van der Waals surface area (Å²) in [4.78, 5) is 38.7. The first kappa shape index (κ1) is 20.2. The second-order valence-corrected chi connectivity index (χ2v) is 7.21. The minimum absolute atomic E-state index is 0.0828. The third-order valence-electron chi connectivity index (χ3n) is 5.09. The third-order valence-corrected chi connectivity index (χ3v) is 5.09. The van der Waals surface area contributed by atoms with Crippen molar-refractivity contribution in [1.29, 1.82) is 0 Å². The number of benzene rings is 2. The average molecular weight is 419 g/mol. The van der Waals surface area contributed by atoms with Gasteiger partial charge < -0.3 is 15.5 Å². The molecular formula is C21H21N7O3. The lowest BCUT2D eigenvalue weighted by Gasteiger charge is -2.24. The first-order valence-corrected chi connectivity index (χ1v) is 9.84. The van der Waals surface area contributed by atoms with Gasteiger partial charge in [0.15, 0.2) is 5.78 Å². The number of nitrogens with one attached hydrogen (secondary N) is 2. The molecule has 10 heteroatoms. The van der Waals surface area contributed by atoms with E-state index in [4.69, 9.17) is 0 Å². The predicted molar refractivity (Wildman–Crippen MR) is 113 cm³/mol. The van der Waals surface area contributed by atoms with Gasteiger partial charge >= 0.3 is 6.03 Å². The maximum Gasteiger partial charge on any atom is 0.322 e. The lowest BCUT2D eigenvalue weighted by atomic mass is 10.1. The van der Waals surface area contributed by atoms with Crippen LogP contribution in [-0.2, 0) is 4.79 Å². The van der Waals surface area contributed by atoms with E-state index in [0.29, 0.717) is 29.9 Å². The Labute approximate surface area is 178 Å². The van der Waals surface area contributed by atoms with E-state index in [1.165, 1.54) is 22.8 Å². The molecule has 1 aromatic heterocycles. The Morgan fingerprint density at radius 3 is 2.55 bits per heavy atom. The molecule has 2 aromatic carbocycles. The van der Waals surface area contributed by atoms with E-state index < -0.39 is 6.04 Å². The number of anilines is 2. The molecule has 1 fully saturated rings. The largest absolute Gasteiger partial charge is 0.324 e. The Balaban J connectivity index is 1.40. The van der Waals surface area contributed by atoms with Crippen LogP contribution in [0.25, 0.3) is 5.69 Å². The van der Waals surface area contributed by atoms with Crippen LogP contribution < -0.4 is 10.6 Å². The molecule has 2 heterocycles. The summed E-state index contributed by atoms with van der Waals surface area (Å²) in [5.41, 5.74) is 2.40. The third kappa shape index (κ3) is 4.58. The van der Waals surface area contributed by atoms with E-state index >= 15 is 0 Å². The zero-order valence-corrected chi connectivity index (χ0v) is 16.9.